The summed E-state index contributed by atoms with van der Waals surface area (Å²) in [7, 11) is 0. The minimum atomic E-state index is 0.0468. The van der Waals surface area contributed by atoms with Gasteiger partial charge in [0.2, 0.25) is 0 Å². The molecule has 1 nitrogen and oxygen atoms in total. The summed E-state index contributed by atoms with van der Waals surface area (Å²) in [6, 6.07) is 6.42. The van der Waals surface area contributed by atoms with Crippen molar-refractivity contribution in [1.82, 2.24) is 4.98 Å². The molecule has 0 N–H and O–H groups in total. The topological polar surface area (TPSA) is 12.9 Å². The lowest BCUT2D eigenvalue weighted by atomic mass is 9.89. The zero-order valence-electron chi connectivity index (χ0n) is 11.8. The van der Waals surface area contributed by atoms with E-state index < -0.39 is 0 Å². The Morgan fingerprint density at radius 1 is 1.17 bits per heavy atom. The highest BCUT2D eigenvalue weighted by atomic mass is 35.5. The van der Waals surface area contributed by atoms with Crippen molar-refractivity contribution in [3.8, 4) is 0 Å². The Balaban J connectivity index is 2.85. The molecule has 0 aliphatic carbocycles. The van der Waals surface area contributed by atoms with Crippen molar-refractivity contribution >= 4 is 22.5 Å². The molecule has 0 unspecified atom stereocenters. The Labute approximate surface area is 114 Å². The number of aryl methyl sites for hydroxylation is 2. The second-order valence-corrected chi connectivity index (χ2v) is 6.22. The van der Waals surface area contributed by atoms with Crippen LogP contribution in [0.4, 0.5) is 0 Å². The lowest BCUT2D eigenvalue weighted by Gasteiger charge is -2.20. The third-order valence-corrected chi connectivity index (χ3v) is 3.79. The number of aromatic nitrogens is 1. The van der Waals surface area contributed by atoms with Crippen LogP contribution in [0.3, 0.4) is 0 Å². The van der Waals surface area contributed by atoms with Gasteiger partial charge in [-0.2, -0.15) is 0 Å². The summed E-state index contributed by atoms with van der Waals surface area (Å²) in [5, 5.41) is 1.18. The van der Waals surface area contributed by atoms with Gasteiger partial charge in [0.05, 0.1) is 5.52 Å². The van der Waals surface area contributed by atoms with Crippen molar-refractivity contribution in [2.24, 2.45) is 0 Å². The Kier molecular flexibility index (Phi) is 3.37. The molecular formula is C16H20ClN. The molecule has 1 aromatic carbocycles. The maximum atomic E-state index is 6.09. The van der Waals surface area contributed by atoms with E-state index in [9.17, 15) is 0 Å². The molecule has 0 atom stereocenters. The number of benzene rings is 1. The zero-order valence-corrected chi connectivity index (χ0v) is 12.5. The van der Waals surface area contributed by atoms with Crippen LogP contribution in [0.1, 0.15) is 43.2 Å². The Morgan fingerprint density at radius 3 is 2.39 bits per heavy atom. The second-order valence-electron chi connectivity index (χ2n) is 5.95. The highest BCUT2D eigenvalue weighted by Gasteiger charge is 2.18. The van der Waals surface area contributed by atoms with E-state index in [0.717, 1.165) is 11.2 Å². The first-order valence-electron chi connectivity index (χ1n) is 6.31. The first-order chi connectivity index (χ1) is 8.34. The van der Waals surface area contributed by atoms with E-state index in [4.69, 9.17) is 16.6 Å². The number of hydrogen-bond donors (Lipinski definition) is 0. The Bertz CT molecular complexity index is 594. The van der Waals surface area contributed by atoms with Gasteiger partial charge in [-0.1, -0.05) is 32.9 Å². The van der Waals surface area contributed by atoms with Crippen LogP contribution in [0, 0.1) is 13.8 Å². The van der Waals surface area contributed by atoms with Gasteiger partial charge in [-0.05, 0) is 36.6 Å². The molecule has 1 heterocycles. The number of rotatable bonds is 1. The fourth-order valence-corrected chi connectivity index (χ4v) is 2.32. The lowest BCUT2D eigenvalue weighted by molar-refractivity contribution is 0.571. The number of alkyl halides is 1. The molecule has 2 aromatic rings. The molecule has 96 valence electrons. The molecule has 0 aliphatic rings. The van der Waals surface area contributed by atoms with Crippen molar-refractivity contribution in [3.05, 3.63) is 40.6 Å². The number of fused-ring (bicyclic) bond motifs is 1. The molecule has 0 saturated heterocycles. The smallest absolute Gasteiger partial charge is 0.0740 e. The number of halogens is 1. The van der Waals surface area contributed by atoms with E-state index in [-0.39, 0.29) is 5.41 Å². The van der Waals surface area contributed by atoms with E-state index >= 15 is 0 Å². The van der Waals surface area contributed by atoms with Gasteiger partial charge in [-0.3, -0.25) is 4.98 Å². The standard InChI is InChI=1S/C16H20ClN/c1-10-6-7-13-12(9-17)8-14(16(3,4)5)18-15(13)11(10)2/h6-8H,9H2,1-5H3. The maximum absolute atomic E-state index is 6.09. The Hall–Kier alpha value is -1.08. The maximum Gasteiger partial charge on any atom is 0.0740 e. The van der Waals surface area contributed by atoms with E-state index in [1.807, 2.05) is 0 Å². The van der Waals surface area contributed by atoms with Crippen LogP contribution in [0.15, 0.2) is 18.2 Å². The molecule has 2 rings (SSSR count). The monoisotopic (exact) mass is 261 g/mol. The summed E-state index contributed by atoms with van der Waals surface area (Å²) in [6.07, 6.45) is 0. The fourth-order valence-electron chi connectivity index (χ4n) is 2.09. The van der Waals surface area contributed by atoms with Gasteiger partial charge in [0.1, 0.15) is 0 Å². The van der Waals surface area contributed by atoms with E-state index in [1.54, 1.807) is 0 Å². The molecule has 0 saturated carbocycles. The van der Waals surface area contributed by atoms with Crippen molar-refractivity contribution in [1.29, 1.82) is 0 Å². The van der Waals surface area contributed by atoms with Crippen molar-refractivity contribution in [2.75, 3.05) is 0 Å². The summed E-state index contributed by atoms with van der Waals surface area (Å²) in [6.45, 7) is 10.8. The van der Waals surface area contributed by atoms with Crippen molar-refractivity contribution in [2.45, 2.75) is 45.9 Å². The second kappa shape index (κ2) is 4.55. The summed E-state index contributed by atoms with van der Waals surface area (Å²) in [4.78, 5) is 4.86. The van der Waals surface area contributed by atoms with Crippen LogP contribution in [-0.2, 0) is 11.3 Å². The normalized spacial score (nSPS) is 12.1. The third-order valence-electron chi connectivity index (χ3n) is 3.50. The van der Waals surface area contributed by atoms with E-state index in [0.29, 0.717) is 5.88 Å². The molecule has 2 heteroatoms. The lowest BCUT2D eigenvalue weighted by Crippen LogP contribution is -2.14. The summed E-state index contributed by atoms with van der Waals surface area (Å²) in [5.41, 5.74) is 5.96. The molecule has 0 aliphatic heterocycles. The number of pyridine rings is 1. The van der Waals surface area contributed by atoms with Crippen molar-refractivity contribution < 1.29 is 0 Å². The first-order valence-corrected chi connectivity index (χ1v) is 6.84. The SMILES string of the molecule is Cc1ccc2c(CCl)cc(C(C)(C)C)nc2c1C. The minimum Gasteiger partial charge on any atom is -0.252 e. The molecule has 0 spiro atoms. The summed E-state index contributed by atoms with van der Waals surface area (Å²) < 4.78 is 0. The molecular weight excluding hydrogens is 242 g/mol. The third kappa shape index (κ3) is 2.24. The highest BCUT2D eigenvalue weighted by Crippen LogP contribution is 2.29. The highest BCUT2D eigenvalue weighted by molar-refractivity contribution is 6.18. The van der Waals surface area contributed by atoms with Gasteiger partial charge in [0.25, 0.3) is 0 Å². The summed E-state index contributed by atoms with van der Waals surface area (Å²) in [5.74, 6) is 0.532. The zero-order chi connectivity index (χ0) is 13.5. The molecule has 18 heavy (non-hydrogen) atoms. The van der Waals surface area contributed by atoms with E-state index in [1.165, 1.54) is 22.1 Å². The van der Waals surface area contributed by atoms with Crippen LogP contribution in [0.5, 0.6) is 0 Å². The van der Waals surface area contributed by atoms with Gasteiger partial charge >= 0.3 is 0 Å². The Morgan fingerprint density at radius 2 is 1.83 bits per heavy atom. The van der Waals surface area contributed by atoms with Crippen LogP contribution in [0.2, 0.25) is 0 Å². The average molecular weight is 262 g/mol. The van der Waals surface area contributed by atoms with E-state index in [2.05, 4.69) is 52.8 Å². The van der Waals surface area contributed by atoms with Gasteiger partial charge in [0, 0.05) is 22.4 Å². The quantitative estimate of drug-likeness (QED) is 0.666. The van der Waals surface area contributed by atoms with Crippen molar-refractivity contribution in [3.63, 3.8) is 0 Å². The predicted molar refractivity (Wildman–Crippen MR) is 79.5 cm³/mol. The molecule has 0 fully saturated rings. The molecule has 0 amide bonds. The van der Waals surface area contributed by atoms with Gasteiger partial charge < -0.3 is 0 Å². The minimum absolute atomic E-state index is 0.0468. The van der Waals surface area contributed by atoms with Crippen LogP contribution >= 0.6 is 11.6 Å². The molecule has 0 radical (unpaired) electrons. The average Bonchev–Trinajstić information content (AvgIpc) is 2.31. The molecule has 1 aromatic heterocycles. The van der Waals surface area contributed by atoms with Gasteiger partial charge in [0.15, 0.2) is 0 Å². The predicted octanol–water partition coefficient (Wildman–Crippen LogP) is 4.89. The summed E-state index contributed by atoms with van der Waals surface area (Å²) >= 11 is 6.09. The number of nitrogens with zero attached hydrogens (tertiary/aromatic N) is 1. The van der Waals surface area contributed by atoms with Crippen LogP contribution < -0.4 is 0 Å². The van der Waals surface area contributed by atoms with Gasteiger partial charge in [-0.15, -0.1) is 11.6 Å². The fraction of sp³-hybridized carbons (Fsp3) is 0.438. The molecule has 0 bridgehead atoms. The van der Waals surface area contributed by atoms with Crippen LogP contribution in [-0.4, -0.2) is 4.98 Å². The van der Waals surface area contributed by atoms with Gasteiger partial charge in [-0.25, -0.2) is 0 Å². The van der Waals surface area contributed by atoms with Crippen LogP contribution in [0.25, 0.3) is 10.9 Å². The first kappa shape index (κ1) is 13.4. The largest absolute Gasteiger partial charge is 0.252 e. The number of hydrogen-bond acceptors (Lipinski definition) is 1.